The number of carbonyl (C=O) groups is 3. The number of hydrogen-bond donors (Lipinski definition) is 0. The molecule has 0 aromatic heterocycles. The van der Waals surface area contributed by atoms with Gasteiger partial charge in [-0.1, -0.05) is 29.3 Å². The van der Waals surface area contributed by atoms with Gasteiger partial charge >= 0.3 is 39.1 Å². The van der Waals surface area contributed by atoms with Crippen LogP contribution in [0.4, 0.5) is 35.1 Å². The molecule has 0 atom stereocenters. The first-order valence-corrected chi connectivity index (χ1v) is 13.9. The summed E-state index contributed by atoms with van der Waals surface area (Å²) in [6, 6.07) is 4.93. The highest BCUT2D eigenvalue weighted by atomic mass is 35.5. The van der Waals surface area contributed by atoms with Crippen LogP contribution in [0.3, 0.4) is 0 Å². The lowest BCUT2D eigenvalue weighted by Crippen LogP contribution is -2.07. The molecule has 12 nitrogen and oxygen atoms in total. The maximum absolute atomic E-state index is 12.7. The fourth-order valence-electron chi connectivity index (χ4n) is 2.29. The molecule has 0 radical (unpaired) electrons. The van der Waals surface area contributed by atoms with Crippen LogP contribution in [0.25, 0.3) is 0 Å². The Hall–Kier alpha value is -4.67. The van der Waals surface area contributed by atoms with Crippen LogP contribution in [0, 0.1) is 46.5 Å². The second-order valence-electron chi connectivity index (χ2n) is 7.33. The van der Waals surface area contributed by atoms with Gasteiger partial charge < -0.3 is 14.2 Å². The van der Waals surface area contributed by atoms with Crippen molar-refractivity contribution in [3.63, 3.8) is 0 Å². The van der Waals surface area contributed by atoms with E-state index < -0.39 is 97.2 Å². The maximum atomic E-state index is 12.7. The Bertz CT molecular complexity index is 1690. The zero-order valence-corrected chi connectivity index (χ0v) is 26.5. The van der Waals surface area contributed by atoms with E-state index in [0.717, 1.165) is 13.8 Å². The Morgan fingerprint density at radius 1 is 0.500 bits per heavy atom. The van der Waals surface area contributed by atoms with Crippen molar-refractivity contribution in [1.82, 2.24) is 0 Å². The Morgan fingerprint density at radius 3 is 0.917 bits per heavy atom. The second kappa shape index (κ2) is 22.0. The number of esters is 3. The van der Waals surface area contributed by atoms with E-state index in [4.69, 9.17) is 53.2 Å². The molecule has 0 amide bonds. The van der Waals surface area contributed by atoms with Crippen LogP contribution in [-0.4, -0.2) is 43.2 Å². The minimum Gasteiger partial charge on any atom is -0.424 e. The number of ether oxygens (including phenoxy) is 3. The van der Waals surface area contributed by atoms with Gasteiger partial charge in [0.2, 0.25) is 34.8 Å². The lowest BCUT2D eigenvalue weighted by molar-refractivity contribution is -0.133. The van der Waals surface area contributed by atoms with Crippen LogP contribution in [0.1, 0.15) is 20.8 Å². The van der Waals surface area contributed by atoms with Crippen molar-refractivity contribution in [2.75, 3.05) is 0 Å². The summed E-state index contributed by atoms with van der Waals surface area (Å²) in [5, 5.41) is 0.662. The molecular weight excluding hydrogens is 767 g/mol. The first-order chi connectivity index (χ1) is 21.9. The number of rotatable bonds is 3. The number of carbonyl (C=O) groups excluding carboxylic acids is 3. The monoisotopic (exact) mass is 780 g/mol. The number of benzene rings is 3. The van der Waals surface area contributed by atoms with Gasteiger partial charge in [-0.15, -0.1) is 25.3 Å². The van der Waals surface area contributed by atoms with Crippen LogP contribution in [0.15, 0.2) is 30.3 Å². The molecular formula is C24H14Cl2F8O12S2. The fourth-order valence-corrected chi connectivity index (χ4v) is 2.77. The van der Waals surface area contributed by atoms with E-state index in [1.807, 2.05) is 0 Å². The van der Waals surface area contributed by atoms with Gasteiger partial charge in [0.25, 0.3) is 0 Å². The molecule has 0 aliphatic carbocycles. The average Bonchev–Trinajstić information content (AvgIpc) is 2.93. The van der Waals surface area contributed by atoms with Gasteiger partial charge in [-0.25, -0.2) is 17.6 Å². The van der Waals surface area contributed by atoms with E-state index in [1.54, 1.807) is 18.2 Å². The maximum Gasteiger partial charge on any atom is 0.425 e. The third-order valence-corrected chi connectivity index (χ3v) is 4.39. The van der Waals surface area contributed by atoms with E-state index in [2.05, 4.69) is 9.47 Å². The molecule has 0 spiro atoms. The molecule has 0 unspecified atom stereocenters. The van der Waals surface area contributed by atoms with Gasteiger partial charge in [-0.3, -0.25) is 14.4 Å². The van der Waals surface area contributed by atoms with Crippen molar-refractivity contribution in [2.24, 2.45) is 0 Å². The lowest BCUT2D eigenvalue weighted by atomic mass is 10.3. The van der Waals surface area contributed by atoms with E-state index in [-0.39, 0.29) is 17.9 Å². The summed E-state index contributed by atoms with van der Waals surface area (Å²) < 4.78 is 164. The van der Waals surface area contributed by atoms with Gasteiger partial charge in [0.05, 0.1) is 10.0 Å². The first kappa shape index (κ1) is 45.5. The predicted octanol–water partition coefficient (Wildman–Crippen LogP) is 5.25. The van der Waals surface area contributed by atoms with Crippen molar-refractivity contribution in [3.8, 4) is 17.2 Å². The molecule has 48 heavy (non-hydrogen) atoms. The molecule has 0 aliphatic heterocycles. The van der Waals surface area contributed by atoms with E-state index in [0.29, 0.717) is 10.0 Å². The van der Waals surface area contributed by atoms with Crippen LogP contribution in [0.2, 0.25) is 10.0 Å². The summed E-state index contributed by atoms with van der Waals surface area (Å²) in [4.78, 5) is 31.3. The van der Waals surface area contributed by atoms with Crippen LogP contribution in [0.5, 0.6) is 17.2 Å². The Kier molecular flexibility index (Phi) is 20.8. The van der Waals surface area contributed by atoms with E-state index >= 15 is 0 Å². The van der Waals surface area contributed by atoms with Crippen molar-refractivity contribution >= 4 is 62.3 Å². The minimum absolute atomic E-state index is 0.0255. The summed E-state index contributed by atoms with van der Waals surface area (Å²) in [6.45, 7) is 2.99. The molecule has 0 bridgehead atoms. The molecule has 0 aliphatic rings. The SMILES string of the molecule is CC(=O)Oc1c(Cl)cccc1Cl.CC(=O)Oc1c(F)c(F)cc(F)c1F.CC(=O)Oc1c(F)c(F)cc(F)c1F.O=S(=O)=O.O=S(=O)=O. The third kappa shape index (κ3) is 17.9. The highest BCUT2D eigenvalue weighted by Gasteiger charge is 2.22. The number of halogens is 10. The predicted molar refractivity (Wildman–Crippen MR) is 142 cm³/mol. The molecule has 0 heterocycles. The van der Waals surface area contributed by atoms with Gasteiger partial charge in [-0.2, -0.15) is 17.6 Å². The lowest BCUT2D eigenvalue weighted by Gasteiger charge is -2.05. The Balaban J connectivity index is 0. The Labute approximate surface area is 275 Å². The highest BCUT2D eigenvalue weighted by molar-refractivity contribution is 7.59. The summed E-state index contributed by atoms with van der Waals surface area (Å²) in [6.07, 6.45) is 0. The van der Waals surface area contributed by atoms with E-state index in [9.17, 15) is 49.5 Å². The molecule has 0 fully saturated rings. The highest BCUT2D eigenvalue weighted by Crippen LogP contribution is 2.32. The molecule has 24 heteroatoms. The van der Waals surface area contributed by atoms with Crippen molar-refractivity contribution < 1.29 is 89.0 Å². The molecule has 0 saturated heterocycles. The minimum atomic E-state index is -3.11. The third-order valence-electron chi connectivity index (χ3n) is 3.80. The summed E-state index contributed by atoms with van der Waals surface area (Å²) in [5.74, 6) is -18.6. The summed E-state index contributed by atoms with van der Waals surface area (Å²) in [5.41, 5.74) is 0. The molecule has 3 aromatic rings. The summed E-state index contributed by atoms with van der Waals surface area (Å²) >= 11 is 11.4. The average molecular weight is 781 g/mol. The smallest absolute Gasteiger partial charge is 0.424 e. The molecule has 0 saturated carbocycles. The zero-order valence-electron chi connectivity index (χ0n) is 23.4. The zero-order chi connectivity index (χ0) is 38.0. The quantitative estimate of drug-likeness (QED) is 0.146. The summed E-state index contributed by atoms with van der Waals surface area (Å²) in [7, 11) is -6.22. The number of para-hydroxylation sites is 1. The van der Waals surface area contributed by atoms with Crippen molar-refractivity contribution in [3.05, 3.63) is 86.9 Å². The molecule has 3 aromatic carbocycles. The molecule has 264 valence electrons. The van der Waals surface area contributed by atoms with Crippen LogP contribution < -0.4 is 14.2 Å². The van der Waals surface area contributed by atoms with Crippen LogP contribution >= 0.6 is 23.2 Å². The van der Waals surface area contributed by atoms with Gasteiger partial charge in [0.1, 0.15) is 0 Å². The first-order valence-electron chi connectivity index (χ1n) is 11.1. The standard InChI is InChI=1S/C8H6Cl2O2.2C8H4F4O2.2O3S/c1-5(11)12-8-6(9)3-2-4-7(8)10;2*1-3(13)14-8-6(11)4(9)2-5(10)7(8)12;2*1-4(2)3/h2-4H,1H3;2*2H,1H3;;. The van der Waals surface area contributed by atoms with Crippen molar-refractivity contribution in [1.29, 1.82) is 0 Å². The Morgan fingerprint density at radius 2 is 0.708 bits per heavy atom. The van der Waals surface area contributed by atoms with Crippen molar-refractivity contribution in [2.45, 2.75) is 20.8 Å². The molecule has 0 N–H and O–H groups in total. The van der Waals surface area contributed by atoms with Gasteiger partial charge in [-0.05, 0) is 12.1 Å². The van der Waals surface area contributed by atoms with Crippen LogP contribution in [-0.2, 0) is 35.6 Å². The second-order valence-corrected chi connectivity index (χ2v) is 8.97. The normalized spacial score (nSPS) is 9.27. The largest absolute Gasteiger partial charge is 0.425 e. The van der Waals surface area contributed by atoms with Gasteiger partial charge in [0, 0.05) is 32.9 Å². The van der Waals surface area contributed by atoms with Gasteiger partial charge in [0.15, 0.2) is 29.0 Å². The fraction of sp³-hybridized carbons (Fsp3) is 0.125. The topological polar surface area (TPSA) is 181 Å². The number of hydrogen-bond acceptors (Lipinski definition) is 12. The molecule has 3 rings (SSSR count). The van der Waals surface area contributed by atoms with E-state index in [1.165, 1.54) is 6.92 Å².